The lowest BCUT2D eigenvalue weighted by Gasteiger charge is -2.40. The lowest BCUT2D eigenvalue weighted by molar-refractivity contribution is 1.25. The van der Waals surface area contributed by atoms with Gasteiger partial charge in [0.25, 0.3) is 0 Å². The highest BCUT2D eigenvalue weighted by Gasteiger charge is 2.42. The largest absolute Gasteiger partial charge is 0.375 e. The number of benzene rings is 6. The van der Waals surface area contributed by atoms with E-state index in [-0.39, 0.29) is 6.85 Å². The van der Waals surface area contributed by atoms with E-state index >= 15 is 0 Å². The number of nitrogens with zero attached hydrogens (tertiary/aromatic N) is 2. The Morgan fingerprint density at radius 1 is 0.487 bits per heavy atom. The third-order valence-electron chi connectivity index (χ3n) is 8.55. The van der Waals surface area contributed by atoms with Crippen LogP contribution in [0.25, 0.3) is 44.1 Å². The fourth-order valence-electron chi connectivity index (χ4n) is 7.00. The van der Waals surface area contributed by atoms with Crippen LogP contribution in [-0.2, 0) is 0 Å². The molecule has 7 aromatic rings. The maximum absolute atomic E-state index is 2.61. The number of aromatic nitrogens is 1. The zero-order valence-electron chi connectivity index (χ0n) is 21.3. The quantitative estimate of drug-likeness (QED) is 0.222. The van der Waals surface area contributed by atoms with Gasteiger partial charge in [-0.1, -0.05) is 103 Å². The molecule has 0 spiro atoms. The molecule has 0 aliphatic carbocycles. The first-order valence-corrected chi connectivity index (χ1v) is 13.6. The van der Waals surface area contributed by atoms with Crippen molar-refractivity contribution in [3.8, 4) is 22.3 Å². The molecule has 0 saturated carbocycles. The summed E-state index contributed by atoms with van der Waals surface area (Å²) in [5.74, 6) is 0. The molecule has 1 aromatic heterocycles. The first kappa shape index (κ1) is 21.0. The summed E-state index contributed by atoms with van der Waals surface area (Å²) in [7, 11) is 0. The fraction of sp³-hybridized carbons (Fsp3) is 0. The Balaban J connectivity index is 1.49. The normalized spacial score (nSPS) is 13.0. The fourth-order valence-corrected chi connectivity index (χ4v) is 7.00. The van der Waals surface area contributed by atoms with Crippen LogP contribution in [0.5, 0.6) is 0 Å². The van der Waals surface area contributed by atoms with E-state index in [4.69, 9.17) is 0 Å². The SMILES string of the molecule is c1ccc(-c2cc3c4c(c2)N(c2ccccc2)c2ccccc2B4n2c4ccccc4c4cccc-3c42)cc1. The van der Waals surface area contributed by atoms with Crippen molar-refractivity contribution in [2.75, 3.05) is 4.90 Å². The molecule has 2 aliphatic rings. The summed E-state index contributed by atoms with van der Waals surface area (Å²) >= 11 is 0. The van der Waals surface area contributed by atoms with Crippen molar-refractivity contribution in [2.24, 2.45) is 0 Å². The Bertz CT molecular complexity index is 2080. The minimum atomic E-state index is 0.0910. The lowest BCUT2D eigenvalue weighted by atomic mass is 9.45. The minimum Gasteiger partial charge on any atom is -0.375 e. The first-order valence-electron chi connectivity index (χ1n) is 13.6. The zero-order valence-corrected chi connectivity index (χ0v) is 21.3. The van der Waals surface area contributed by atoms with E-state index in [2.05, 4.69) is 149 Å². The number of fused-ring (bicyclic) bond motifs is 7. The summed E-state index contributed by atoms with van der Waals surface area (Å²) in [6.07, 6.45) is 0. The molecule has 0 amide bonds. The van der Waals surface area contributed by atoms with Gasteiger partial charge >= 0.3 is 6.85 Å². The molecule has 0 saturated heterocycles. The van der Waals surface area contributed by atoms with Crippen molar-refractivity contribution in [3.05, 3.63) is 140 Å². The number of para-hydroxylation sites is 4. The van der Waals surface area contributed by atoms with Crippen LogP contribution in [0, 0.1) is 0 Å². The Hall–Kier alpha value is -5.02. The Morgan fingerprint density at radius 3 is 2.08 bits per heavy atom. The van der Waals surface area contributed by atoms with Gasteiger partial charge < -0.3 is 9.38 Å². The van der Waals surface area contributed by atoms with Gasteiger partial charge in [0.2, 0.25) is 0 Å². The smallest absolute Gasteiger partial charge is 0.333 e. The highest BCUT2D eigenvalue weighted by molar-refractivity contribution is 6.90. The van der Waals surface area contributed by atoms with Crippen LogP contribution < -0.4 is 15.8 Å². The second-order valence-electron chi connectivity index (χ2n) is 10.5. The van der Waals surface area contributed by atoms with Gasteiger partial charge in [-0.2, -0.15) is 0 Å². The van der Waals surface area contributed by atoms with Gasteiger partial charge in [-0.05, 0) is 64.0 Å². The molecule has 9 rings (SSSR count). The molecular formula is C36H23BN2. The molecule has 2 aliphatic heterocycles. The van der Waals surface area contributed by atoms with Crippen LogP contribution in [0.4, 0.5) is 17.1 Å². The highest BCUT2D eigenvalue weighted by atomic mass is 15.2. The van der Waals surface area contributed by atoms with Crippen LogP contribution in [0.2, 0.25) is 0 Å². The van der Waals surface area contributed by atoms with Crippen molar-refractivity contribution in [3.63, 3.8) is 0 Å². The van der Waals surface area contributed by atoms with Crippen LogP contribution in [0.15, 0.2) is 140 Å². The van der Waals surface area contributed by atoms with Crippen molar-refractivity contribution in [1.29, 1.82) is 0 Å². The summed E-state index contributed by atoms with van der Waals surface area (Å²) < 4.78 is 2.61. The second-order valence-corrected chi connectivity index (χ2v) is 10.5. The van der Waals surface area contributed by atoms with E-state index < -0.39 is 0 Å². The molecule has 0 unspecified atom stereocenters. The average molecular weight is 494 g/mol. The number of hydrogen-bond donors (Lipinski definition) is 0. The molecule has 39 heavy (non-hydrogen) atoms. The topological polar surface area (TPSA) is 8.17 Å². The van der Waals surface area contributed by atoms with Gasteiger partial charge in [-0.15, -0.1) is 0 Å². The molecule has 6 aromatic carbocycles. The molecule has 0 N–H and O–H groups in total. The molecule has 3 heteroatoms. The molecule has 180 valence electrons. The molecule has 0 bridgehead atoms. The van der Waals surface area contributed by atoms with E-state index in [0.29, 0.717) is 0 Å². The van der Waals surface area contributed by atoms with Crippen LogP contribution in [0.1, 0.15) is 0 Å². The molecule has 3 heterocycles. The Labute approximate surface area is 227 Å². The van der Waals surface area contributed by atoms with E-state index in [0.717, 1.165) is 0 Å². The van der Waals surface area contributed by atoms with E-state index in [9.17, 15) is 0 Å². The first-order chi connectivity index (χ1) is 19.4. The van der Waals surface area contributed by atoms with Crippen molar-refractivity contribution in [2.45, 2.75) is 0 Å². The van der Waals surface area contributed by atoms with E-state index in [1.54, 1.807) is 0 Å². The van der Waals surface area contributed by atoms with Crippen molar-refractivity contribution in [1.82, 2.24) is 4.48 Å². The summed E-state index contributed by atoms with van der Waals surface area (Å²) in [5, 5.41) is 2.64. The van der Waals surface area contributed by atoms with Gasteiger partial charge in [0, 0.05) is 44.4 Å². The molecule has 2 nitrogen and oxygen atoms in total. The summed E-state index contributed by atoms with van der Waals surface area (Å²) in [6.45, 7) is 0.0910. The minimum absolute atomic E-state index is 0.0910. The predicted octanol–water partition coefficient (Wildman–Crippen LogP) is 7.88. The standard InChI is InChI=1S/C36H23BN2/c1-3-12-24(13-4-1)25-22-30-29-18-11-17-28-27-16-7-9-20-32(27)39(36(28)29)37-31-19-8-10-21-33(31)38(34(23-25)35(30)37)26-14-5-2-6-15-26/h1-23H. The van der Waals surface area contributed by atoms with Gasteiger partial charge in [0.15, 0.2) is 0 Å². The van der Waals surface area contributed by atoms with Crippen LogP contribution in [0.3, 0.4) is 0 Å². The third kappa shape index (κ3) is 2.77. The summed E-state index contributed by atoms with van der Waals surface area (Å²) in [5.41, 5.74) is 14.1. The monoisotopic (exact) mass is 494 g/mol. The number of rotatable bonds is 2. The van der Waals surface area contributed by atoms with Gasteiger partial charge in [-0.25, -0.2) is 0 Å². The predicted molar refractivity (Wildman–Crippen MR) is 165 cm³/mol. The zero-order chi connectivity index (χ0) is 25.5. The Morgan fingerprint density at radius 2 is 1.21 bits per heavy atom. The average Bonchev–Trinajstić information content (AvgIpc) is 3.35. The summed E-state index contributed by atoms with van der Waals surface area (Å²) in [4.78, 5) is 2.47. The van der Waals surface area contributed by atoms with Gasteiger partial charge in [-0.3, -0.25) is 0 Å². The van der Waals surface area contributed by atoms with Crippen LogP contribution >= 0.6 is 0 Å². The van der Waals surface area contributed by atoms with Gasteiger partial charge in [0.1, 0.15) is 0 Å². The highest BCUT2D eigenvalue weighted by Crippen LogP contribution is 2.46. The van der Waals surface area contributed by atoms with Crippen LogP contribution in [-0.4, -0.2) is 11.3 Å². The van der Waals surface area contributed by atoms with Crippen molar-refractivity contribution < 1.29 is 0 Å². The van der Waals surface area contributed by atoms with Gasteiger partial charge in [0.05, 0.1) is 0 Å². The van der Waals surface area contributed by atoms with E-state index in [1.807, 2.05) is 0 Å². The number of anilines is 3. The molecule has 0 atom stereocenters. The second kappa shape index (κ2) is 7.75. The Kier molecular flexibility index (Phi) is 4.17. The maximum Gasteiger partial charge on any atom is 0.333 e. The maximum atomic E-state index is 2.61. The molecule has 0 fully saturated rings. The van der Waals surface area contributed by atoms with E-state index in [1.165, 1.54) is 72.0 Å². The van der Waals surface area contributed by atoms with Crippen molar-refractivity contribution >= 4 is 56.6 Å². The summed E-state index contributed by atoms with van der Waals surface area (Å²) in [6, 6.07) is 51.1. The lowest BCUT2D eigenvalue weighted by Crippen LogP contribution is -2.56. The molecular weight excluding hydrogens is 471 g/mol. The number of hydrogen-bond acceptors (Lipinski definition) is 1. The third-order valence-corrected chi connectivity index (χ3v) is 8.55. The molecule has 0 radical (unpaired) electrons.